The molecule has 10 nitrogen and oxygen atoms in total. The van der Waals surface area contributed by atoms with Crippen LogP contribution < -0.4 is 21.8 Å². The Labute approximate surface area is 180 Å². The van der Waals surface area contributed by atoms with Gasteiger partial charge < -0.3 is 16.4 Å². The second-order valence-electron chi connectivity index (χ2n) is 6.89. The van der Waals surface area contributed by atoms with Crippen molar-refractivity contribution in [3.05, 3.63) is 81.9 Å². The molecule has 0 bridgehead atoms. The van der Waals surface area contributed by atoms with E-state index in [1.807, 2.05) is 67.6 Å². The monoisotopic (exact) mass is 425 g/mol. The molecule has 10 heteroatoms. The van der Waals surface area contributed by atoms with Gasteiger partial charge in [-0.15, -0.1) is 0 Å². The Morgan fingerprint density at radius 1 is 1.13 bits per heavy atom. The van der Waals surface area contributed by atoms with Crippen molar-refractivity contribution in [2.75, 3.05) is 6.54 Å². The van der Waals surface area contributed by atoms with E-state index in [9.17, 15) is 14.9 Å². The number of guanidine groups is 1. The van der Waals surface area contributed by atoms with Crippen LogP contribution in [0, 0.1) is 16.0 Å². The summed E-state index contributed by atoms with van der Waals surface area (Å²) in [5.74, 6) is -0.133. The number of nitrogens with one attached hydrogen (secondary N) is 3. The molecule has 2 amide bonds. The van der Waals surface area contributed by atoms with Crippen molar-refractivity contribution < 1.29 is 9.83 Å². The number of urea groups is 1. The number of nitro groups is 1. The second kappa shape index (κ2) is 12.6. The van der Waals surface area contributed by atoms with Gasteiger partial charge in [0.25, 0.3) is 5.96 Å². The summed E-state index contributed by atoms with van der Waals surface area (Å²) in [6.45, 7) is 2.40. The molecule has 2 aromatic carbocycles. The lowest BCUT2D eigenvalue weighted by Crippen LogP contribution is -2.36. The number of hydrazone groups is 2. The third-order valence-corrected chi connectivity index (χ3v) is 4.37. The zero-order valence-corrected chi connectivity index (χ0v) is 17.3. The Morgan fingerprint density at radius 3 is 2.26 bits per heavy atom. The van der Waals surface area contributed by atoms with Crippen LogP contribution in [0.5, 0.6) is 0 Å². The van der Waals surface area contributed by atoms with E-state index >= 15 is 0 Å². The molecule has 0 spiro atoms. The van der Waals surface area contributed by atoms with Gasteiger partial charge in [0.05, 0.1) is 6.04 Å². The lowest BCUT2D eigenvalue weighted by Gasteiger charge is -2.19. The number of amides is 2. The zero-order chi connectivity index (χ0) is 22.5. The quantitative estimate of drug-likeness (QED) is 0.152. The minimum Gasteiger partial charge on any atom is -0.365 e. The maximum absolute atomic E-state index is 12.4. The highest BCUT2D eigenvalue weighted by molar-refractivity contribution is 5.77. The van der Waals surface area contributed by atoms with Crippen LogP contribution in [0.15, 0.2) is 70.9 Å². The predicted octanol–water partition coefficient (Wildman–Crippen LogP) is 2.57. The van der Waals surface area contributed by atoms with Gasteiger partial charge >= 0.3 is 6.03 Å². The van der Waals surface area contributed by atoms with E-state index < -0.39 is 11.1 Å². The van der Waals surface area contributed by atoms with Crippen LogP contribution in [-0.2, 0) is 0 Å². The van der Waals surface area contributed by atoms with Gasteiger partial charge in [-0.3, -0.25) is 0 Å². The largest absolute Gasteiger partial charge is 0.365 e. The van der Waals surface area contributed by atoms with Crippen molar-refractivity contribution in [1.82, 2.24) is 16.1 Å². The van der Waals surface area contributed by atoms with E-state index in [0.29, 0.717) is 13.0 Å². The summed E-state index contributed by atoms with van der Waals surface area (Å²) in [5, 5.41) is 21.9. The van der Waals surface area contributed by atoms with Gasteiger partial charge in [0.1, 0.15) is 5.10 Å². The molecular formula is C21H27N7O3. The molecule has 0 aliphatic rings. The third-order valence-electron chi connectivity index (χ3n) is 4.37. The lowest BCUT2D eigenvalue weighted by molar-refractivity contribution is -0.485. The number of carbonyl (C=O) groups is 1. The first-order valence-electron chi connectivity index (χ1n) is 9.87. The molecular weight excluding hydrogens is 398 g/mol. The summed E-state index contributed by atoms with van der Waals surface area (Å²) in [7, 11) is 0. The molecule has 2 aromatic rings. The van der Waals surface area contributed by atoms with Crippen molar-refractivity contribution in [3.8, 4) is 0 Å². The average molecular weight is 425 g/mol. The highest BCUT2D eigenvalue weighted by atomic mass is 16.7. The number of benzene rings is 2. The fourth-order valence-electron chi connectivity index (χ4n) is 2.87. The molecule has 0 saturated carbocycles. The first-order chi connectivity index (χ1) is 15.0. The van der Waals surface area contributed by atoms with Crippen LogP contribution >= 0.6 is 0 Å². The highest BCUT2D eigenvalue weighted by Crippen LogP contribution is 2.21. The highest BCUT2D eigenvalue weighted by Gasteiger charge is 2.16. The van der Waals surface area contributed by atoms with Gasteiger partial charge in [-0.25, -0.2) is 20.3 Å². The first-order valence-corrected chi connectivity index (χ1v) is 9.87. The fraction of sp³-hybridized carbons (Fsp3) is 0.286. The molecule has 5 N–H and O–H groups in total. The topological polar surface area (TPSA) is 147 Å². The van der Waals surface area contributed by atoms with E-state index in [1.165, 1.54) is 0 Å². The van der Waals surface area contributed by atoms with Crippen molar-refractivity contribution in [1.29, 1.82) is 0 Å². The van der Waals surface area contributed by atoms with Crippen molar-refractivity contribution >= 4 is 18.2 Å². The van der Waals surface area contributed by atoms with Crippen LogP contribution in [0.25, 0.3) is 0 Å². The van der Waals surface area contributed by atoms with Gasteiger partial charge in [0, 0.05) is 12.8 Å². The molecule has 2 rings (SSSR count). The van der Waals surface area contributed by atoms with Gasteiger partial charge in [0.2, 0.25) is 0 Å². The third kappa shape index (κ3) is 8.94. The zero-order valence-electron chi connectivity index (χ0n) is 17.3. The van der Waals surface area contributed by atoms with E-state index in [-0.39, 0.29) is 17.9 Å². The molecule has 0 fully saturated rings. The fourth-order valence-corrected chi connectivity index (χ4v) is 2.87. The van der Waals surface area contributed by atoms with Gasteiger partial charge in [-0.1, -0.05) is 67.6 Å². The summed E-state index contributed by atoms with van der Waals surface area (Å²) in [6, 6.07) is 18.7. The van der Waals surface area contributed by atoms with Crippen molar-refractivity contribution in [3.63, 3.8) is 0 Å². The Hall–Kier alpha value is -3.95. The van der Waals surface area contributed by atoms with Crippen molar-refractivity contribution in [2.45, 2.75) is 25.8 Å². The Balaban J connectivity index is 1.81. The number of nitrogens with zero attached hydrogens (tertiary/aromatic N) is 3. The molecule has 0 aliphatic carbocycles. The second-order valence-corrected chi connectivity index (χ2v) is 6.89. The molecule has 0 radical (unpaired) electrons. The number of hydrogen-bond donors (Lipinski definition) is 4. The summed E-state index contributed by atoms with van der Waals surface area (Å²) < 4.78 is 0. The molecule has 0 aliphatic heterocycles. The molecule has 0 aromatic heterocycles. The lowest BCUT2D eigenvalue weighted by atomic mass is 9.99. The SMILES string of the molecule is C[C@H](/C=N/NC(=O)NC(c1ccccc1)c1ccccc1)CCCN/C(N)=N/[N+](=O)[O-]. The standard InChI is InChI=1S/C21H27N7O3/c1-16(9-8-14-23-20(22)27-28(30)31)15-24-26-21(29)25-19(17-10-4-2-5-11-17)18-12-6-3-7-13-18/h2-7,10-13,15-16,19H,8-9,14H2,1H3,(H3,22,23,27)(H2,25,26,29)/b24-15+/t16-/m0/s1. The van der Waals surface area contributed by atoms with Gasteiger partial charge in [-0.05, 0) is 29.9 Å². The number of nitrogens with two attached hydrogens (primary N) is 1. The van der Waals surface area contributed by atoms with E-state index in [4.69, 9.17) is 5.73 Å². The maximum atomic E-state index is 12.4. The summed E-state index contributed by atoms with van der Waals surface area (Å²) >= 11 is 0. The average Bonchev–Trinajstić information content (AvgIpc) is 2.76. The molecule has 0 heterocycles. The number of hydrogen-bond acceptors (Lipinski definition) is 4. The van der Waals surface area contributed by atoms with E-state index in [0.717, 1.165) is 17.5 Å². The van der Waals surface area contributed by atoms with E-state index in [2.05, 4.69) is 26.3 Å². The summed E-state index contributed by atoms with van der Waals surface area (Å²) in [5.41, 5.74) is 9.78. The molecule has 1 atom stereocenters. The normalized spacial score (nSPS) is 12.5. The Bertz CT molecular complexity index is 849. The van der Waals surface area contributed by atoms with Crippen molar-refractivity contribution in [2.24, 2.45) is 21.9 Å². The van der Waals surface area contributed by atoms with Crippen LogP contribution in [0.1, 0.15) is 36.9 Å². The van der Waals surface area contributed by atoms with Crippen LogP contribution in [0.3, 0.4) is 0 Å². The predicted molar refractivity (Wildman–Crippen MR) is 120 cm³/mol. The first kappa shape index (κ1) is 23.3. The Kier molecular flexibility index (Phi) is 9.47. The van der Waals surface area contributed by atoms with Crippen LogP contribution in [-0.4, -0.2) is 29.8 Å². The van der Waals surface area contributed by atoms with E-state index in [1.54, 1.807) is 6.21 Å². The molecule has 0 saturated heterocycles. The summed E-state index contributed by atoms with van der Waals surface area (Å²) in [6.07, 6.45) is 3.10. The maximum Gasteiger partial charge on any atom is 0.335 e. The van der Waals surface area contributed by atoms with Crippen LogP contribution in [0.2, 0.25) is 0 Å². The Morgan fingerprint density at radius 2 is 1.71 bits per heavy atom. The number of carbonyl (C=O) groups excluding carboxylic acids is 1. The van der Waals surface area contributed by atoms with Gasteiger partial charge in [-0.2, -0.15) is 5.10 Å². The summed E-state index contributed by atoms with van der Waals surface area (Å²) in [4.78, 5) is 22.6. The molecule has 0 unspecified atom stereocenters. The molecule has 164 valence electrons. The minimum atomic E-state index is -0.853. The van der Waals surface area contributed by atoms with Crippen LogP contribution in [0.4, 0.5) is 4.79 Å². The minimum absolute atomic E-state index is 0.0924. The van der Waals surface area contributed by atoms with Gasteiger partial charge in [0.15, 0.2) is 5.03 Å². The molecule has 31 heavy (non-hydrogen) atoms. The number of rotatable bonds is 10. The smallest absolute Gasteiger partial charge is 0.335 e.